The van der Waals surface area contributed by atoms with E-state index in [0.29, 0.717) is 5.92 Å². The van der Waals surface area contributed by atoms with Crippen LogP contribution in [0.15, 0.2) is 42.7 Å². The highest BCUT2D eigenvalue weighted by Crippen LogP contribution is 2.28. The summed E-state index contributed by atoms with van der Waals surface area (Å²) in [4.78, 5) is 4.24. The second-order valence-corrected chi connectivity index (χ2v) is 4.91. The number of rotatable bonds is 2. The molecule has 2 aromatic heterocycles. The average molecular weight is 224 g/mol. The molecule has 0 N–H and O–H groups in total. The van der Waals surface area contributed by atoms with Crippen molar-refractivity contribution < 1.29 is 0 Å². The Morgan fingerprint density at radius 1 is 1.06 bits per heavy atom. The van der Waals surface area contributed by atoms with Crippen molar-refractivity contribution in [2.75, 3.05) is 0 Å². The van der Waals surface area contributed by atoms with Crippen LogP contribution in [0.2, 0.25) is 0 Å². The molecule has 0 spiro atoms. The molecule has 0 unspecified atom stereocenters. The number of hydrogen-bond donors (Lipinski definition) is 0. The van der Waals surface area contributed by atoms with Gasteiger partial charge in [0, 0.05) is 35.2 Å². The van der Waals surface area contributed by atoms with Gasteiger partial charge in [-0.2, -0.15) is 0 Å². The Labute approximate surface area is 101 Å². The van der Waals surface area contributed by atoms with Crippen LogP contribution in [0.3, 0.4) is 0 Å². The topological polar surface area (TPSA) is 17.8 Å². The van der Waals surface area contributed by atoms with Crippen LogP contribution in [0, 0.1) is 5.92 Å². The third-order valence-corrected chi connectivity index (χ3v) is 3.12. The van der Waals surface area contributed by atoms with E-state index >= 15 is 0 Å². The summed E-state index contributed by atoms with van der Waals surface area (Å²) in [5.74, 6) is 0.641. The lowest BCUT2D eigenvalue weighted by atomic mass is 10.2. The van der Waals surface area contributed by atoms with Crippen LogP contribution in [0.1, 0.15) is 13.8 Å². The van der Waals surface area contributed by atoms with Crippen LogP contribution in [0.4, 0.5) is 0 Å². The zero-order valence-corrected chi connectivity index (χ0v) is 10.2. The Hall–Kier alpha value is -1.83. The van der Waals surface area contributed by atoms with Crippen molar-refractivity contribution in [1.82, 2.24) is 9.55 Å². The van der Waals surface area contributed by atoms with E-state index in [4.69, 9.17) is 0 Å². The van der Waals surface area contributed by atoms with Gasteiger partial charge in [0.25, 0.3) is 0 Å². The van der Waals surface area contributed by atoms with Crippen LogP contribution in [0.5, 0.6) is 0 Å². The molecule has 86 valence electrons. The second kappa shape index (κ2) is 3.88. The van der Waals surface area contributed by atoms with Gasteiger partial charge in [-0.15, -0.1) is 0 Å². The van der Waals surface area contributed by atoms with E-state index in [1.54, 1.807) is 0 Å². The van der Waals surface area contributed by atoms with E-state index in [0.717, 1.165) is 6.54 Å². The number of fused-ring (bicyclic) bond motifs is 3. The fourth-order valence-corrected chi connectivity index (χ4v) is 2.46. The third kappa shape index (κ3) is 1.60. The molecular weight excluding hydrogens is 208 g/mol. The molecule has 0 aliphatic heterocycles. The van der Waals surface area contributed by atoms with Crippen molar-refractivity contribution in [2.45, 2.75) is 20.4 Å². The molecule has 0 aliphatic carbocycles. The predicted octanol–water partition coefficient (Wildman–Crippen LogP) is 3.85. The van der Waals surface area contributed by atoms with Gasteiger partial charge >= 0.3 is 0 Å². The molecule has 3 rings (SSSR count). The summed E-state index contributed by atoms with van der Waals surface area (Å²) in [5, 5.41) is 2.56. The molecular formula is C15H16N2. The molecule has 3 aromatic rings. The lowest BCUT2D eigenvalue weighted by molar-refractivity contribution is 0.545. The molecule has 0 aliphatic rings. The minimum atomic E-state index is 0.641. The van der Waals surface area contributed by atoms with Gasteiger partial charge in [-0.05, 0) is 18.1 Å². The maximum atomic E-state index is 4.24. The van der Waals surface area contributed by atoms with Gasteiger partial charge in [0.15, 0.2) is 0 Å². The van der Waals surface area contributed by atoms with Gasteiger partial charge in [-0.25, -0.2) is 0 Å². The van der Waals surface area contributed by atoms with Crippen molar-refractivity contribution in [1.29, 1.82) is 0 Å². The van der Waals surface area contributed by atoms with Gasteiger partial charge in [0.1, 0.15) is 0 Å². The smallest absolute Gasteiger partial charge is 0.0522 e. The van der Waals surface area contributed by atoms with E-state index in [-0.39, 0.29) is 0 Å². The molecule has 2 heteroatoms. The minimum Gasteiger partial charge on any atom is -0.340 e. The number of pyridine rings is 1. The largest absolute Gasteiger partial charge is 0.340 e. The van der Waals surface area contributed by atoms with Crippen molar-refractivity contribution in [3.8, 4) is 0 Å². The highest BCUT2D eigenvalue weighted by atomic mass is 15.0. The third-order valence-electron chi connectivity index (χ3n) is 3.12. The zero-order valence-electron chi connectivity index (χ0n) is 10.2. The Balaban J connectivity index is 2.41. The van der Waals surface area contributed by atoms with Gasteiger partial charge in [-0.1, -0.05) is 32.0 Å². The summed E-state index contributed by atoms with van der Waals surface area (Å²) in [6.45, 7) is 5.55. The Morgan fingerprint density at radius 2 is 1.82 bits per heavy atom. The van der Waals surface area contributed by atoms with Gasteiger partial charge < -0.3 is 4.57 Å². The van der Waals surface area contributed by atoms with Crippen LogP contribution in [-0.4, -0.2) is 9.55 Å². The molecule has 0 atom stereocenters. The fraction of sp³-hybridized carbons (Fsp3) is 0.267. The molecule has 2 heterocycles. The molecule has 0 saturated heterocycles. The normalized spacial score (nSPS) is 11.7. The van der Waals surface area contributed by atoms with Crippen molar-refractivity contribution >= 4 is 21.8 Å². The van der Waals surface area contributed by atoms with Crippen molar-refractivity contribution in [3.63, 3.8) is 0 Å². The van der Waals surface area contributed by atoms with Crippen LogP contribution in [-0.2, 0) is 6.54 Å². The summed E-state index contributed by atoms with van der Waals surface area (Å²) in [5.41, 5.74) is 2.60. The molecule has 17 heavy (non-hydrogen) atoms. The van der Waals surface area contributed by atoms with Crippen molar-refractivity contribution in [3.05, 3.63) is 42.7 Å². The maximum absolute atomic E-state index is 4.24. The highest BCUT2D eigenvalue weighted by molar-refractivity contribution is 6.07. The quantitative estimate of drug-likeness (QED) is 0.646. The number of para-hydroxylation sites is 1. The van der Waals surface area contributed by atoms with Gasteiger partial charge in [0.05, 0.1) is 5.52 Å². The predicted molar refractivity (Wildman–Crippen MR) is 72.1 cm³/mol. The molecule has 2 nitrogen and oxygen atoms in total. The van der Waals surface area contributed by atoms with E-state index in [9.17, 15) is 0 Å². The average Bonchev–Trinajstić information content (AvgIpc) is 2.65. The maximum Gasteiger partial charge on any atom is 0.0522 e. The second-order valence-electron chi connectivity index (χ2n) is 4.91. The van der Waals surface area contributed by atoms with Crippen LogP contribution < -0.4 is 0 Å². The zero-order chi connectivity index (χ0) is 11.8. The first-order valence-electron chi connectivity index (χ1n) is 6.08. The van der Waals surface area contributed by atoms with Crippen molar-refractivity contribution in [2.24, 2.45) is 5.92 Å². The minimum absolute atomic E-state index is 0.641. The Morgan fingerprint density at radius 3 is 2.65 bits per heavy atom. The number of benzene rings is 1. The summed E-state index contributed by atoms with van der Waals surface area (Å²) in [6, 6.07) is 10.7. The first kappa shape index (κ1) is 10.3. The molecule has 1 aromatic carbocycles. The van der Waals surface area contributed by atoms with E-state index in [1.807, 2.05) is 12.4 Å². The summed E-state index contributed by atoms with van der Waals surface area (Å²) >= 11 is 0. The highest BCUT2D eigenvalue weighted by Gasteiger charge is 2.10. The molecule has 0 fully saturated rings. The first-order valence-corrected chi connectivity index (χ1v) is 6.08. The lowest BCUT2D eigenvalue weighted by Gasteiger charge is -2.09. The van der Waals surface area contributed by atoms with E-state index in [2.05, 4.69) is 53.7 Å². The molecule has 0 radical (unpaired) electrons. The standard InChI is InChI=1S/C15H16N2/c1-11(2)10-17-14-6-4-3-5-12(14)13-9-16-8-7-15(13)17/h3-9,11H,10H2,1-2H3. The number of aromatic nitrogens is 2. The monoisotopic (exact) mass is 224 g/mol. The van der Waals surface area contributed by atoms with Crippen LogP contribution >= 0.6 is 0 Å². The SMILES string of the molecule is CC(C)Cn1c2ccccc2c2cnccc21. The molecule has 0 amide bonds. The lowest BCUT2D eigenvalue weighted by Crippen LogP contribution is -2.03. The Bertz CT molecular complexity index is 612. The Kier molecular flexibility index (Phi) is 2.36. The molecule has 0 saturated carbocycles. The number of nitrogens with zero attached hydrogens (tertiary/aromatic N) is 2. The molecule has 0 bridgehead atoms. The van der Waals surface area contributed by atoms with E-state index in [1.165, 1.54) is 21.8 Å². The van der Waals surface area contributed by atoms with E-state index < -0.39 is 0 Å². The summed E-state index contributed by atoms with van der Waals surface area (Å²) in [7, 11) is 0. The summed E-state index contributed by atoms with van der Waals surface area (Å²) < 4.78 is 2.40. The van der Waals surface area contributed by atoms with Gasteiger partial charge in [-0.3, -0.25) is 4.98 Å². The number of hydrogen-bond acceptors (Lipinski definition) is 1. The van der Waals surface area contributed by atoms with Crippen LogP contribution in [0.25, 0.3) is 21.8 Å². The fourth-order valence-electron chi connectivity index (χ4n) is 2.46. The summed E-state index contributed by atoms with van der Waals surface area (Å²) in [6.07, 6.45) is 3.84. The first-order chi connectivity index (χ1) is 8.27. The van der Waals surface area contributed by atoms with Gasteiger partial charge in [0.2, 0.25) is 0 Å².